The van der Waals surface area contributed by atoms with Gasteiger partial charge in [0, 0.05) is 36.9 Å². The second-order valence-corrected chi connectivity index (χ2v) is 6.56. The molecule has 2 aromatic carbocycles. The van der Waals surface area contributed by atoms with Gasteiger partial charge in [-0.25, -0.2) is 9.59 Å². The van der Waals surface area contributed by atoms with Crippen molar-refractivity contribution in [1.82, 2.24) is 0 Å². The monoisotopic (exact) mass is 365 g/mol. The number of hydrogen-bond acceptors (Lipinski definition) is 6. The van der Waals surface area contributed by atoms with Crippen molar-refractivity contribution in [3.63, 3.8) is 0 Å². The fourth-order valence-corrected chi connectivity index (χ4v) is 2.69. The Balaban J connectivity index is 1.92. The number of ketones is 1. The van der Waals surface area contributed by atoms with Crippen molar-refractivity contribution >= 4 is 23.4 Å². The van der Waals surface area contributed by atoms with Crippen LogP contribution in [0.3, 0.4) is 0 Å². The third-order valence-corrected chi connectivity index (χ3v) is 4.00. The Morgan fingerprint density at radius 2 is 1.67 bits per heavy atom. The van der Waals surface area contributed by atoms with Crippen molar-refractivity contribution < 1.29 is 23.9 Å². The molecule has 27 heavy (non-hydrogen) atoms. The van der Waals surface area contributed by atoms with E-state index in [1.165, 1.54) is 27.0 Å². The summed E-state index contributed by atoms with van der Waals surface area (Å²) in [6.07, 6.45) is 1.27. The van der Waals surface area contributed by atoms with Crippen LogP contribution in [0.15, 0.2) is 60.3 Å². The number of rotatable bonds is 4. The SMILES string of the molecule is CC(=O)c1cccc(-c2ccccc2NC=C2C(=O)OC(C)(C)OC2=O)c1. The highest BCUT2D eigenvalue weighted by molar-refractivity contribution is 6.15. The summed E-state index contributed by atoms with van der Waals surface area (Å²) in [5.41, 5.74) is 2.69. The average Bonchev–Trinajstić information content (AvgIpc) is 2.60. The number of anilines is 1. The van der Waals surface area contributed by atoms with Crippen LogP contribution in [0.1, 0.15) is 31.1 Å². The zero-order chi connectivity index (χ0) is 19.6. The molecule has 0 spiro atoms. The molecule has 2 aromatic rings. The standard InChI is InChI=1S/C21H19NO5/c1-13(23)14-7-6-8-15(11-14)16-9-4-5-10-18(16)22-12-17-19(24)26-21(2,3)27-20(17)25/h4-12,22H,1-3H3. The Bertz CT molecular complexity index is 937. The molecule has 0 bridgehead atoms. The van der Waals surface area contributed by atoms with Crippen molar-refractivity contribution in [1.29, 1.82) is 0 Å². The van der Waals surface area contributed by atoms with E-state index in [1.807, 2.05) is 24.3 Å². The van der Waals surface area contributed by atoms with E-state index in [2.05, 4.69) is 5.32 Å². The van der Waals surface area contributed by atoms with Gasteiger partial charge in [0.25, 0.3) is 5.79 Å². The lowest BCUT2D eigenvalue weighted by Crippen LogP contribution is -2.42. The molecule has 3 rings (SSSR count). The number of carbonyl (C=O) groups is 3. The number of benzene rings is 2. The molecule has 6 heteroatoms. The zero-order valence-corrected chi connectivity index (χ0v) is 15.2. The van der Waals surface area contributed by atoms with Crippen LogP contribution in [-0.4, -0.2) is 23.5 Å². The summed E-state index contributed by atoms with van der Waals surface area (Å²) in [5.74, 6) is -2.81. The maximum absolute atomic E-state index is 12.0. The smallest absolute Gasteiger partial charge is 0.350 e. The first-order valence-electron chi connectivity index (χ1n) is 8.40. The van der Waals surface area contributed by atoms with E-state index in [0.29, 0.717) is 11.3 Å². The Morgan fingerprint density at radius 1 is 1.00 bits per heavy atom. The number of carbonyl (C=O) groups excluding carboxylic acids is 3. The molecule has 0 saturated carbocycles. The highest BCUT2D eigenvalue weighted by Gasteiger charge is 2.38. The van der Waals surface area contributed by atoms with Crippen molar-refractivity contribution in [3.8, 4) is 11.1 Å². The van der Waals surface area contributed by atoms with E-state index in [-0.39, 0.29) is 11.4 Å². The minimum atomic E-state index is -1.28. The highest BCUT2D eigenvalue weighted by Crippen LogP contribution is 2.29. The summed E-state index contributed by atoms with van der Waals surface area (Å²) in [6.45, 7) is 4.49. The van der Waals surface area contributed by atoms with Crippen LogP contribution in [0.5, 0.6) is 0 Å². The summed E-state index contributed by atoms with van der Waals surface area (Å²) in [6, 6.07) is 14.6. The molecule has 138 valence electrons. The first-order chi connectivity index (χ1) is 12.8. The van der Waals surface area contributed by atoms with Gasteiger partial charge in [-0.15, -0.1) is 0 Å². The molecule has 1 saturated heterocycles. The molecule has 0 aliphatic carbocycles. The van der Waals surface area contributed by atoms with Gasteiger partial charge in [-0.3, -0.25) is 4.79 Å². The van der Waals surface area contributed by atoms with E-state index < -0.39 is 17.7 Å². The first kappa shape index (κ1) is 18.4. The van der Waals surface area contributed by atoms with Gasteiger partial charge in [-0.1, -0.05) is 36.4 Å². The molecule has 0 atom stereocenters. The number of Topliss-reactive ketones (excluding diaryl/α,β-unsaturated/α-hetero) is 1. The molecule has 1 N–H and O–H groups in total. The lowest BCUT2D eigenvalue weighted by Gasteiger charge is -2.29. The lowest BCUT2D eigenvalue weighted by molar-refractivity contribution is -0.222. The second kappa shape index (κ2) is 7.07. The Hall–Kier alpha value is -3.41. The predicted molar refractivity (Wildman–Crippen MR) is 99.9 cm³/mol. The number of esters is 2. The summed E-state index contributed by atoms with van der Waals surface area (Å²) in [4.78, 5) is 35.7. The fourth-order valence-electron chi connectivity index (χ4n) is 2.69. The number of nitrogens with one attached hydrogen (secondary N) is 1. The Morgan fingerprint density at radius 3 is 2.33 bits per heavy atom. The average molecular weight is 365 g/mol. The topological polar surface area (TPSA) is 81.7 Å². The summed E-state index contributed by atoms with van der Waals surface area (Å²) in [5, 5.41) is 2.97. The van der Waals surface area contributed by atoms with Crippen molar-refractivity contribution in [2.24, 2.45) is 0 Å². The van der Waals surface area contributed by atoms with Gasteiger partial charge >= 0.3 is 11.9 Å². The normalized spacial score (nSPS) is 15.6. The number of cyclic esters (lactones) is 2. The number of ether oxygens (including phenoxy) is 2. The van der Waals surface area contributed by atoms with Gasteiger partial charge in [0.15, 0.2) is 11.4 Å². The number of hydrogen-bond donors (Lipinski definition) is 1. The molecule has 1 aliphatic rings. The minimum Gasteiger partial charge on any atom is -0.419 e. The van der Waals surface area contributed by atoms with Gasteiger partial charge in [0.05, 0.1) is 0 Å². The lowest BCUT2D eigenvalue weighted by atomic mass is 10.00. The predicted octanol–water partition coefficient (Wildman–Crippen LogP) is 3.69. The van der Waals surface area contributed by atoms with Gasteiger partial charge < -0.3 is 14.8 Å². The van der Waals surface area contributed by atoms with Crippen LogP contribution in [-0.2, 0) is 19.1 Å². The van der Waals surface area contributed by atoms with Gasteiger partial charge in [-0.05, 0) is 24.6 Å². The molecule has 6 nitrogen and oxygen atoms in total. The van der Waals surface area contributed by atoms with Crippen LogP contribution < -0.4 is 5.32 Å². The molecule has 0 radical (unpaired) electrons. The summed E-state index contributed by atoms with van der Waals surface area (Å²) < 4.78 is 10.1. The maximum atomic E-state index is 12.0. The highest BCUT2D eigenvalue weighted by atomic mass is 16.7. The molecular formula is C21H19NO5. The Labute approximate surface area is 156 Å². The van der Waals surface area contributed by atoms with Crippen LogP contribution in [0.2, 0.25) is 0 Å². The molecule has 0 unspecified atom stereocenters. The second-order valence-electron chi connectivity index (χ2n) is 6.56. The summed E-state index contributed by atoms with van der Waals surface area (Å²) >= 11 is 0. The van der Waals surface area contributed by atoms with Crippen LogP contribution >= 0.6 is 0 Å². The third kappa shape index (κ3) is 4.06. The van der Waals surface area contributed by atoms with Crippen molar-refractivity contribution in [3.05, 3.63) is 65.9 Å². The largest absolute Gasteiger partial charge is 0.419 e. The van der Waals surface area contributed by atoms with E-state index in [0.717, 1.165) is 11.1 Å². The van der Waals surface area contributed by atoms with Crippen molar-refractivity contribution in [2.45, 2.75) is 26.6 Å². The quantitative estimate of drug-likeness (QED) is 0.385. The third-order valence-electron chi connectivity index (χ3n) is 4.00. The Kier molecular flexibility index (Phi) is 4.81. The van der Waals surface area contributed by atoms with E-state index in [1.54, 1.807) is 24.3 Å². The zero-order valence-electron chi connectivity index (χ0n) is 15.2. The van der Waals surface area contributed by atoms with E-state index in [9.17, 15) is 14.4 Å². The van der Waals surface area contributed by atoms with Gasteiger partial charge in [0.1, 0.15) is 0 Å². The molecule has 0 amide bonds. The molecule has 1 fully saturated rings. The fraction of sp³-hybridized carbons (Fsp3) is 0.190. The van der Waals surface area contributed by atoms with Crippen LogP contribution in [0.25, 0.3) is 11.1 Å². The van der Waals surface area contributed by atoms with E-state index in [4.69, 9.17) is 9.47 Å². The number of para-hydroxylation sites is 1. The molecule has 1 aliphatic heterocycles. The van der Waals surface area contributed by atoms with Gasteiger partial charge in [0.2, 0.25) is 0 Å². The van der Waals surface area contributed by atoms with E-state index >= 15 is 0 Å². The minimum absolute atomic E-state index is 0.0280. The maximum Gasteiger partial charge on any atom is 0.350 e. The van der Waals surface area contributed by atoms with Crippen LogP contribution in [0, 0.1) is 0 Å². The summed E-state index contributed by atoms with van der Waals surface area (Å²) in [7, 11) is 0. The first-order valence-corrected chi connectivity index (χ1v) is 8.40. The molecular weight excluding hydrogens is 346 g/mol. The molecule has 0 aromatic heterocycles. The van der Waals surface area contributed by atoms with Gasteiger partial charge in [-0.2, -0.15) is 0 Å². The molecule has 1 heterocycles. The van der Waals surface area contributed by atoms with Crippen LogP contribution in [0.4, 0.5) is 5.69 Å². The van der Waals surface area contributed by atoms with Crippen molar-refractivity contribution in [2.75, 3.05) is 5.32 Å².